The number of hydrogen-bond acceptors (Lipinski definition) is 6. The van der Waals surface area contributed by atoms with E-state index >= 15 is 0 Å². The van der Waals surface area contributed by atoms with Gasteiger partial charge >= 0.3 is 18.1 Å². The Morgan fingerprint density at radius 1 is 0.678 bits per heavy atom. The van der Waals surface area contributed by atoms with Crippen molar-refractivity contribution in [2.45, 2.75) is 71.0 Å². The first kappa shape index (κ1) is 40.4. The number of amides is 1. The molecule has 0 bridgehead atoms. The molecule has 0 radical (unpaired) electrons. The lowest BCUT2D eigenvalue weighted by molar-refractivity contribution is -0.119. The van der Waals surface area contributed by atoms with Crippen molar-refractivity contribution in [3.63, 3.8) is 0 Å². The van der Waals surface area contributed by atoms with E-state index in [1.807, 2.05) is 37.3 Å². The number of benzene rings is 2. The van der Waals surface area contributed by atoms with Gasteiger partial charge in [-0.3, -0.25) is 28.0 Å². The van der Waals surface area contributed by atoms with Crippen LogP contribution >= 0.6 is 0 Å². The number of fused-ring (bicyclic) bond motifs is 2. The summed E-state index contributed by atoms with van der Waals surface area (Å²) in [6.07, 6.45) is 2.01. The van der Waals surface area contributed by atoms with E-state index in [1.54, 1.807) is 25.3 Å². The van der Waals surface area contributed by atoms with Crippen LogP contribution in [0, 0.1) is 13.8 Å². The molecule has 6 aromatic rings. The Morgan fingerprint density at radius 2 is 1.08 bits per heavy atom. The molecule has 4 aromatic heterocycles. The van der Waals surface area contributed by atoms with Crippen LogP contribution in [0.3, 0.4) is 0 Å². The highest BCUT2D eigenvalue weighted by atomic mass is 19.4. The van der Waals surface area contributed by atoms with Gasteiger partial charge in [0.1, 0.15) is 11.1 Å². The lowest BCUT2D eigenvalue weighted by Gasteiger charge is -2.15. The van der Waals surface area contributed by atoms with Gasteiger partial charge in [0.25, 0.3) is 16.9 Å². The molecule has 11 nitrogen and oxygen atoms in total. The summed E-state index contributed by atoms with van der Waals surface area (Å²) in [4.78, 5) is 70.8. The van der Waals surface area contributed by atoms with E-state index in [4.69, 9.17) is 0 Å². The highest BCUT2D eigenvalue weighted by Gasteiger charge is 2.39. The monoisotopic (exact) mass is 805 g/mol. The number of pyridine rings is 4. The quantitative estimate of drug-likeness (QED) is 0.124. The summed E-state index contributed by atoms with van der Waals surface area (Å²) in [6, 6.07) is 19.5. The number of nitrogens with zero attached hydrogens (tertiary/aromatic N) is 2. The number of rotatable bonds is 9. The average molecular weight is 806 g/mol. The van der Waals surface area contributed by atoms with Crippen molar-refractivity contribution in [1.29, 1.82) is 0 Å². The first-order valence-electron chi connectivity index (χ1n) is 18.9. The molecular weight excluding hydrogens is 768 g/mol. The first-order valence-corrected chi connectivity index (χ1v) is 18.9. The van der Waals surface area contributed by atoms with Crippen LogP contribution in [-0.4, -0.2) is 48.8 Å². The van der Waals surface area contributed by atoms with Gasteiger partial charge in [0, 0.05) is 31.4 Å². The van der Waals surface area contributed by atoms with E-state index in [0.717, 1.165) is 76.7 Å². The molecule has 0 atom stereocenters. The third-order valence-corrected chi connectivity index (χ3v) is 10.8. The number of aromatic nitrogens is 2. The van der Waals surface area contributed by atoms with Crippen LogP contribution < -0.4 is 16.4 Å². The Bertz CT molecular complexity index is 2830. The van der Waals surface area contributed by atoms with Crippen LogP contribution in [0.5, 0.6) is 0 Å². The van der Waals surface area contributed by atoms with Gasteiger partial charge in [-0.2, -0.15) is 13.2 Å². The van der Waals surface area contributed by atoms with E-state index in [9.17, 15) is 52.2 Å². The number of aryl methyl sites for hydroxylation is 2. The van der Waals surface area contributed by atoms with Gasteiger partial charge in [0.2, 0.25) is 5.91 Å². The molecule has 0 aliphatic heterocycles. The second kappa shape index (κ2) is 15.5. The Kier molecular flexibility index (Phi) is 10.6. The lowest BCUT2D eigenvalue weighted by Crippen LogP contribution is -2.23. The van der Waals surface area contributed by atoms with Crippen molar-refractivity contribution < 1.29 is 42.6 Å². The first-order chi connectivity index (χ1) is 28.0. The molecule has 302 valence electrons. The molecule has 59 heavy (non-hydrogen) atoms. The van der Waals surface area contributed by atoms with E-state index in [-0.39, 0.29) is 23.0 Å². The molecule has 0 unspecified atom stereocenters. The number of halogens is 3. The van der Waals surface area contributed by atoms with E-state index in [1.165, 1.54) is 40.1 Å². The Balaban J connectivity index is 0.000000179. The SMILES string of the molecule is CC(=O)NCc1ccc(-c2ccn3c(=O)c(C(=O)O)cc(C4CC4)c3c2C)cc1.Cc1c(-c2ccc(C(=O)C(F)(F)F)cc2)ccn2c(=O)c(C(=O)O)cc(C3CC3)c12. The molecule has 3 N–H and O–H groups in total. The number of carbonyl (C=O) groups is 4. The van der Waals surface area contributed by atoms with Gasteiger partial charge in [0.15, 0.2) is 0 Å². The van der Waals surface area contributed by atoms with Crippen molar-refractivity contribution in [3.8, 4) is 22.3 Å². The molecule has 0 saturated heterocycles. The maximum atomic E-state index is 12.7. The predicted octanol–water partition coefficient (Wildman–Crippen LogP) is 8.08. The lowest BCUT2D eigenvalue weighted by atomic mass is 9.95. The van der Waals surface area contributed by atoms with Crippen LogP contribution in [0.2, 0.25) is 0 Å². The molecule has 2 saturated carbocycles. The van der Waals surface area contributed by atoms with Gasteiger partial charge < -0.3 is 15.5 Å². The molecule has 2 aliphatic rings. The predicted molar refractivity (Wildman–Crippen MR) is 213 cm³/mol. The highest BCUT2D eigenvalue weighted by molar-refractivity contribution is 6.00. The Labute approximate surface area is 334 Å². The van der Waals surface area contributed by atoms with Crippen LogP contribution in [0.1, 0.15) is 103 Å². The van der Waals surface area contributed by atoms with Gasteiger partial charge in [-0.25, -0.2) is 9.59 Å². The fraction of sp³-hybridized carbons (Fsp3) is 0.244. The number of carboxylic acid groups (broad SMARTS) is 2. The number of Topliss-reactive ketones (excluding diaryl/α,β-unsaturated/α-hetero) is 1. The molecule has 2 fully saturated rings. The van der Waals surface area contributed by atoms with Crippen LogP contribution in [-0.2, 0) is 11.3 Å². The van der Waals surface area contributed by atoms with Crippen LogP contribution in [0.15, 0.2) is 94.8 Å². The summed E-state index contributed by atoms with van der Waals surface area (Å²) < 4.78 is 40.7. The van der Waals surface area contributed by atoms with Crippen LogP contribution in [0.25, 0.3) is 33.3 Å². The summed E-state index contributed by atoms with van der Waals surface area (Å²) >= 11 is 0. The molecule has 2 aromatic carbocycles. The Morgan fingerprint density at radius 3 is 1.44 bits per heavy atom. The van der Waals surface area contributed by atoms with E-state index < -0.39 is 40.6 Å². The molecule has 0 spiro atoms. The minimum absolute atomic E-state index is 0.0711. The largest absolute Gasteiger partial charge is 0.477 e. The van der Waals surface area contributed by atoms with Gasteiger partial charge in [0.05, 0.1) is 11.0 Å². The third-order valence-electron chi connectivity index (χ3n) is 10.8. The maximum Gasteiger partial charge on any atom is 0.454 e. The number of ketones is 1. The van der Waals surface area contributed by atoms with Gasteiger partial charge in [-0.1, -0.05) is 48.5 Å². The van der Waals surface area contributed by atoms with Crippen molar-refractivity contribution in [3.05, 3.63) is 150 Å². The molecule has 4 heterocycles. The minimum atomic E-state index is -4.94. The summed E-state index contributed by atoms with van der Waals surface area (Å²) in [5, 5.41) is 21.6. The number of carbonyl (C=O) groups excluding carboxylic acids is 2. The summed E-state index contributed by atoms with van der Waals surface area (Å²) in [5.41, 5.74) is 7.01. The zero-order valence-corrected chi connectivity index (χ0v) is 32.1. The number of aromatic carboxylic acids is 2. The second-order valence-electron chi connectivity index (χ2n) is 15.0. The number of alkyl halides is 3. The fourth-order valence-electron chi connectivity index (χ4n) is 7.53. The Hall–Kier alpha value is -6.83. The molecule has 2 aliphatic carbocycles. The van der Waals surface area contributed by atoms with Gasteiger partial charge in [-0.15, -0.1) is 0 Å². The van der Waals surface area contributed by atoms with Crippen molar-refractivity contribution in [2.24, 2.45) is 0 Å². The summed E-state index contributed by atoms with van der Waals surface area (Å²) in [5.74, 6) is -3.99. The van der Waals surface area contributed by atoms with E-state index in [2.05, 4.69) is 5.32 Å². The topological polar surface area (TPSA) is 164 Å². The zero-order chi connectivity index (χ0) is 42.5. The smallest absolute Gasteiger partial charge is 0.454 e. The standard InChI is InChI=1S/C23H22N2O4.C22H16F3NO4/c1-13-18(16-5-3-15(4-6-16)12-24-14(2)26)9-10-25-21(13)19(17-7-8-17)11-20(22(25)27)23(28)29;1-11-15(12-4-6-14(7-5-12)19(27)22(23,24)25)8-9-26-18(11)16(13-2-3-13)10-17(20(26)28)21(29)30/h3-6,9-11,17H,7-8,12H2,1-2H3,(H,24,26)(H,28,29);4-10,13H,2-3H2,1H3,(H,29,30). The van der Waals surface area contributed by atoms with Crippen molar-refractivity contribution >= 4 is 34.7 Å². The van der Waals surface area contributed by atoms with Gasteiger partial charge in [-0.05, 0) is 126 Å². The number of carboxylic acids is 2. The molecule has 1 amide bonds. The minimum Gasteiger partial charge on any atom is -0.477 e. The van der Waals surface area contributed by atoms with Crippen molar-refractivity contribution in [1.82, 2.24) is 14.1 Å². The molecule has 14 heteroatoms. The highest BCUT2D eigenvalue weighted by Crippen LogP contribution is 2.44. The number of nitrogens with one attached hydrogen (secondary N) is 1. The van der Waals surface area contributed by atoms with Crippen LogP contribution in [0.4, 0.5) is 13.2 Å². The normalized spacial score (nSPS) is 13.8. The average Bonchev–Trinajstić information content (AvgIpc) is 4.13. The summed E-state index contributed by atoms with van der Waals surface area (Å²) in [7, 11) is 0. The molecule has 8 rings (SSSR count). The second-order valence-corrected chi connectivity index (χ2v) is 15.0. The summed E-state index contributed by atoms with van der Waals surface area (Å²) in [6.45, 7) is 5.72. The maximum absolute atomic E-state index is 12.7. The van der Waals surface area contributed by atoms with Crippen molar-refractivity contribution in [2.75, 3.05) is 0 Å². The molecular formula is C45H38F3N3O8. The fourth-order valence-corrected chi connectivity index (χ4v) is 7.53. The third kappa shape index (κ3) is 8.02. The zero-order valence-electron chi connectivity index (χ0n) is 32.1. The van der Waals surface area contributed by atoms with E-state index in [0.29, 0.717) is 34.7 Å². The number of hydrogen-bond donors (Lipinski definition) is 3.